The summed E-state index contributed by atoms with van der Waals surface area (Å²) in [6.07, 6.45) is 1.52. The number of pyridine rings is 1. The highest BCUT2D eigenvalue weighted by Crippen LogP contribution is 2.14. The molecule has 2 rings (SSSR count). The van der Waals surface area contributed by atoms with Gasteiger partial charge in [-0.3, -0.25) is 9.36 Å². The second-order valence-electron chi connectivity index (χ2n) is 3.53. The van der Waals surface area contributed by atoms with Crippen LogP contribution in [0.15, 0.2) is 41.3 Å². The molecule has 0 aliphatic rings. The monoisotopic (exact) mass is 219 g/mol. The Hall–Kier alpha value is -2.10. The zero-order valence-electron chi connectivity index (χ0n) is 8.64. The lowest BCUT2D eigenvalue weighted by Gasteiger charge is -2.07. The van der Waals surface area contributed by atoms with E-state index in [-0.39, 0.29) is 17.1 Å². The molecular formula is C12H10FNO2. The lowest BCUT2D eigenvalue weighted by atomic mass is 10.2. The Labute approximate surface area is 91.4 Å². The maximum atomic E-state index is 12.7. The van der Waals surface area contributed by atoms with Crippen LogP contribution in [-0.4, -0.2) is 9.67 Å². The lowest BCUT2D eigenvalue weighted by molar-refractivity contribution is 0.468. The molecule has 4 heteroatoms. The van der Waals surface area contributed by atoms with Crippen molar-refractivity contribution in [3.63, 3.8) is 0 Å². The van der Waals surface area contributed by atoms with Crippen LogP contribution in [0.2, 0.25) is 0 Å². The Kier molecular flexibility index (Phi) is 2.48. The minimum absolute atomic E-state index is 0.0386. The van der Waals surface area contributed by atoms with Gasteiger partial charge in [0.15, 0.2) is 0 Å². The Morgan fingerprint density at radius 1 is 1.25 bits per heavy atom. The van der Waals surface area contributed by atoms with E-state index in [1.165, 1.54) is 35.0 Å². The number of hydrogen-bond acceptors (Lipinski definition) is 2. The molecule has 82 valence electrons. The number of aromatic nitrogens is 1. The van der Waals surface area contributed by atoms with Gasteiger partial charge in [0.1, 0.15) is 11.6 Å². The van der Waals surface area contributed by atoms with Gasteiger partial charge in [0.25, 0.3) is 5.56 Å². The van der Waals surface area contributed by atoms with Crippen molar-refractivity contribution < 1.29 is 9.50 Å². The molecule has 1 aromatic heterocycles. The van der Waals surface area contributed by atoms with E-state index in [2.05, 4.69) is 0 Å². The van der Waals surface area contributed by atoms with Crippen LogP contribution in [0, 0.1) is 12.7 Å². The van der Waals surface area contributed by atoms with Crippen LogP contribution in [0.5, 0.6) is 5.75 Å². The summed E-state index contributed by atoms with van der Waals surface area (Å²) in [5.74, 6) is -0.393. The van der Waals surface area contributed by atoms with Crippen molar-refractivity contribution in [3.05, 3.63) is 58.3 Å². The Balaban J connectivity index is 2.60. The van der Waals surface area contributed by atoms with E-state index in [4.69, 9.17) is 0 Å². The van der Waals surface area contributed by atoms with E-state index in [9.17, 15) is 14.3 Å². The van der Waals surface area contributed by atoms with Crippen LogP contribution in [0.3, 0.4) is 0 Å². The summed E-state index contributed by atoms with van der Waals surface area (Å²) in [4.78, 5) is 11.6. The average Bonchev–Trinajstić information content (AvgIpc) is 2.25. The fraction of sp³-hybridized carbons (Fsp3) is 0.0833. The third kappa shape index (κ3) is 1.82. The summed E-state index contributed by atoms with van der Waals surface area (Å²) < 4.78 is 14.1. The van der Waals surface area contributed by atoms with Crippen LogP contribution >= 0.6 is 0 Å². The third-order valence-corrected chi connectivity index (χ3v) is 2.33. The Bertz CT molecular complexity index is 573. The topological polar surface area (TPSA) is 42.2 Å². The molecule has 0 radical (unpaired) electrons. The van der Waals surface area contributed by atoms with E-state index in [0.29, 0.717) is 11.3 Å². The van der Waals surface area contributed by atoms with Crippen molar-refractivity contribution in [2.45, 2.75) is 6.92 Å². The molecule has 2 aromatic rings. The highest BCUT2D eigenvalue weighted by Gasteiger charge is 2.03. The maximum Gasteiger partial charge on any atom is 0.258 e. The summed E-state index contributed by atoms with van der Waals surface area (Å²) in [5, 5.41) is 9.34. The van der Waals surface area contributed by atoms with Crippen molar-refractivity contribution in [2.24, 2.45) is 0 Å². The van der Waals surface area contributed by atoms with Crippen LogP contribution in [0.25, 0.3) is 5.69 Å². The quantitative estimate of drug-likeness (QED) is 0.797. The number of hydrogen-bond donors (Lipinski definition) is 1. The molecule has 0 saturated carbocycles. The van der Waals surface area contributed by atoms with Gasteiger partial charge in [-0.15, -0.1) is 0 Å². The molecule has 0 bridgehead atoms. The van der Waals surface area contributed by atoms with E-state index >= 15 is 0 Å². The minimum Gasteiger partial charge on any atom is -0.507 e. The number of nitrogens with zero attached hydrogens (tertiary/aromatic N) is 1. The van der Waals surface area contributed by atoms with Gasteiger partial charge in [-0.05, 0) is 31.2 Å². The molecule has 1 heterocycles. The highest BCUT2D eigenvalue weighted by atomic mass is 19.1. The van der Waals surface area contributed by atoms with Gasteiger partial charge in [0.2, 0.25) is 0 Å². The summed E-state index contributed by atoms with van der Waals surface area (Å²) in [5.41, 5.74) is 0.799. The van der Waals surface area contributed by atoms with Crippen molar-refractivity contribution in [3.8, 4) is 11.4 Å². The first kappa shape index (κ1) is 10.4. The highest BCUT2D eigenvalue weighted by molar-refractivity contribution is 5.36. The maximum absolute atomic E-state index is 12.7. The molecular weight excluding hydrogens is 209 g/mol. The van der Waals surface area contributed by atoms with Crippen molar-refractivity contribution in [2.75, 3.05) is 0 Å². The van der Waals surface area contributed by atoms with Crippen LogP contribution in [-0.2, 0) is 0 Å². The predicted octanol–water partition coefficient (Wildman–Crippen LogP) is 1.99. The molecule has 16 heavy (non-hydrogen) atoms. The van der Waals surface area contributed by atoms with Crippen molar-refractivity contribution in [1.82, 2.24) is 4.57 Å². The first-order valence-corrected chi connectivity index (χ1v) is 4.76. The largest absolute Gasteiger partial charge is 0.507 e. The standard InChI is InChI=1S/C12H10FNO2/c1-8-7-14(12(16)6-11(8)15)10-4-2-9(13)3-5-10/h2-7,15H,1H3. The second-order valence-corrected chi connectivity index (χ2v) is 3.53. The van der Waals surface area contributed by atoms with Crippen molar-refractivity contribution in [1.29, 1.82) is 0 Å². The van der Waals surface area contributed by atoms with Gasteiger partial charge < -0.3 is 5.11 Å². The van der Waals surface area contributed by atoms with Crippen LogP contribution < -0.4 is 5.56 Å². The fourth-order valence-corrected chi connectivity index (χ4v) is 1.43. The number of aryl methyl sites for hydroxylation is 1. The fourth-order valence-electron chi connectivity index (χ4n) is 1.43. The molecule has 3 nitrogen and oxygen atoms in total. The van der Waals surface area contributed by atoms with Crippen LogP contribution in [0.1, 0.15) is 5.56 Å². The average molecular weight is 219 g/mol. The Morgan fingerprint density at radius 3 is 2.50 bits per heavy atom. The van der Waals surface area contributed by atoms with Crippen LogP contribution in [0.4, 0.5) is 4.39 Å². The van der Waals surface area contributed by atoms with E-state index in [0.717, 1.165) is 6.07 Å². The van der Waals surface area contributed by atoms with Gasteiger partial charge in [-0.25, -0.2) is 4.39 Å². The molecule has 0 spiro atoms. The first-order chi connectivity index (χ1) is 7.58. The van der Waals surface area contributed by atoms with E-state index < -0.39 is 0 Å². The van der Waals surface area contributed by atoms with Gasteiger partial charge in [-0.1, -0.05) is 0 Å². The third-order valence-electron chi connectivity index (χ3n) is 2.33. The first-order valence-electron chi connectivity index (χ1n) is 4.76. The summed E-state index contributed by atoms with van der Waals surface area (Å²) in [6, 6.07) is 6.72. The Morgan fingerprint density at radius 2 is 1.88 bits per heavy atom. The van der Waals surface area contributed by atoms with Gasteiger partial charge in [0, 0.05) is 23.5 Å². The molecule has 1 N–H and O–H groups in total. The number of benzene rings is 1. The predicted molar refractivity (Wildman–Crippen MR) is 58.4 cm³/mol. The molecule has 0 amide bonds. The molecule has 0 atom stereocenters. The number of rotatable bonds is 1. The molecule has 0 unspecified atom stereocenters. The summed E-state index contributed by atoms with van der Waals surface area (Å²) >= 11 is 0. The number of halogens is 1. The van der Waals surface area contributed by atoms with Gasteiger partial charge in [0.05, 0.1) is 0 Å². The SMILES string of the molecule is Cc1cn(-c2ccc(F)cc2)c(=O)cc1O. The number of aromatic hydroxyl groups is 1. The van der Waals surface area contributed by atoms with Gasteiger partial charge in [-0.2, -0.15) is 0 Å². The molecule has 1 aromatic carbocycles. The normalized spacial score (nSPS) is 10.4. The van der Waals surface area contributed by atoms with Crippen molar-refractivity contribution >= 4 is 0 Å². The van der Waals surface area contributed by atoms with E-state index in [1.54, 1.807) is 6.92 Å². The molecule has 0 saturated heterocycles. The zero-order valence-corrected chi connectivity index (χ0v) is 8.64. The van der Waals surface area contributed by atoms with E-state index in [1.807, 2.05) is 0 Å². The zero-order chi connectivity index (χ0) is 11.7. The summed E-state index contributed by atoms with van der Waals surface area (Å²) in [6.45, 7) is 1.69. The lowest BCUT2D eigenvalue weighted by Crippen LogP contribution is -2.16. The smallest absolute Gasteiger partial charge is 0.258 e. The van der Waals surface area contributed by atoms with Gasteiger partial charge >= 0.3 is 0 Å². The molecule has 0 aliphatic heterocycles. The molecule has 0 aliphatic carbocycles. The minimum atomic E-state index is -0.354. The summed E-state index contributed by atoms with van der Waals surface area (Å²) in [7, 11) is 0. The molecule has 0 fully saturated rings. The second kappa shape index (κ2) is 3.81.